The van der Waals surface area contributed by atoms with Crippen molar-refractivity contribution in [3.63, 3.8) is 0 Å². The summed E-state index contributed by atoms with van der Waals surface area (Å²) < 4.78 is 11.3. The van der Waals surface area contributed by atoms with Crippen LogP contribution in [0.3, 0.4) is 0 Å². The van der Waals surface area contributed by atoms with E-state index >= 15 is 0 Å². The fourth-order valence-corrected chi connectivity index (χ4v) is 3.79. The second-order valence-electron chi connectivity index (χ2n) is 7.70. The van der Waals surface area contributed by atoms with Crippen molar-refractivity contribution >= 4 is 28.9 Å². The minimum atomic E-state index is -0.740. The van der Waals surface area contributed by atoms with Crippen molar-refractivity contribution in [2.75, 3.05) is 49.6 Å². The number of nitro benzene ring substituents is 1. The molecule has 0 bridgehead atoms. The van der Waals surface area contributed by atoms with Gasteiger partial charge in [-0.15, -0.1) is 0 Å². The fraction of sp³-hybridized carbons (Fsp3) is 0.364. The lowest BCUT2D eigenvalue weighted by atomic mass is 10.1. The van der Waals surface area contributed by atoms with Gasteiger partial charge in [-0.25, -0.2) is 0 Å². The molecule has 2 aromatic carbocycles. The third-order valence-electron chi connectivity index (χ3n) is 5.50. The zero-order valence-corrected chi connectivity index (χ0v) is 17.7. The lowest BCUT2D eigenvalue weighted by Gasteiger charge is -2.38. The van der Waals surface area contributed by atoms with Crippen LogP contribution in [0.4, 0.5) is 17.1 Å². The number of carbonyl (C=O) groups is 2. The minimum Gasteiger partial charge on any atom is -0.477 e. The standard InChI is InChI=1S/C22H24N4O6/c1-15-6-7-16(26(29)30)12-17(15)23-21(27)14-25-13-20(22(28)24-8-10-31-11-9-24)32-19-5-3-2-4-18(19)25/h2-7,12,20H,8-11,13-14H2,1H3,(H,23,27)/t20-/m0/s1. The number of rotatable bonds is 5. The zero-order chi connectivity index (χ0) is 22.7. The predicted molar refractivity (Wildman–Crippen MR) is 117 cm³/mol. The second kappa shape index (κ2) is 9.23. The van der Waals surface area contributed by atoms with E-state index in [0.717, 1.165) is 0 Å². The number of nitrogens with one attached hydrogen (secondary N) is 1. The number of ether oxygens (including phenoxy) is 2. The number of benzene rings is 2. The van der Waals surface area contributed by atoms with Crippen molar-refractivity contribution in [3.05, 3.63) is 58.1 Å². The normalized spacial score (nSPS) is 17.8. The summed E-state index contributed by atoms with van der Waals surface area (Å²) in [5.74, 6) is 0.0512. The Balaban J connectivity index is 1.50. The summed E-state index contributed by atoms with van der Waals surface area (Å²) in [7, 11) is 0. The van der Waals surface area contributed by atoms with Crippen LogP contribution in [-0.2, 0) is 14.3 Å². The summed E-state index contributed by atoms with van der Waals surface area (Å²) in [6.45, 7) is 3.94. The number of amides is 2. The largest absolute Gasteiger partial charge is 0.477 e. The number of fused-ring (bicyclic) bond motifs is 1. The van der Waals surface area contributed by atoms with Gasteiger partial charge in [0.2, 0.25) is 5.91 Å². The number of nitrogens with zero attached hydrogens (tertiary/aromatic N) is 3. The highest BCUT2D eigenvalue weighted by Gasteiger charge is 2.34. The van der Waals surface area contributed by atoms with Crippen molar-refractivity contribution in [2.24, 2.45) is 0 Å². The van der Waals surface area contributed by atoms with E-state index in [1.165, 1.54) is 12.1 Å². The highest BCUT2D eigenvalue weighted by atomic mass is 16.6. The van der Waals surface area contributed by atoms with Gasteiger partial charge in [0.05, 0.1) is 42.6 Å². The Morgan fingerprint density at radius 2 is 1.94 bits per heavy atom. The predicted octanol–water partition coefficient (Wildman–Crippen LogP) is 1.97. The van der Waals surface area contributed by atoms with Gasteiger partial charge in [0.1, 0.15) is 5.75 Å². The third kappa shape index (κ3) is 4.65. The lowest BCUT2D eigenvalue weighted by Crippen LogP contribution is -2.53. The summed E-state index contributed by atoms with van der Waals surface area (Å²) in [5, 5.41) is 13.8. The molecule has 2 heterocycles. The van der Waals surface area contributed by atoms with Crippen molar-refractivity contribution in [3.8, 4) is 5.75 Å². The van der Waals surface area contributed by atoms with E-state index in [0.29, 0.717) is 49.0 Å². The quantitative estimate of drug-likeness (QED) is 0.558. The van der Waals surface area contributed by atoms with E-state index < -0.39 is 11.0 Å². The topological polar surface area (TPSA) is 114 Å². The number of nitro groups is 1. The molecule has 0 radical (unpaired) electrons. The first-order chi connectivity index (χ1) is 15.4. The maximum atomic E-state index is 13.0. The van der Waals surface area contributed by atoms with Gasteiger partial charge in [-0.2, -0.15) is 0 Å². The van der Waals surface area contributed by atoms with Crippen LogP contribution in [0.5, 0.6) is 5.75 Å². The average Bonchev–Trinajstić information content (AvgIpc) is 2.80. The molecule has 0 aliphatic carbocycles. The first-order valence-electron chi connectivity index (χ1n) is 10.3. The molecular weight excluding hydrogens is 416 g/mol. The summed E-state index contributed by atoms with van der Waals surface area (Å²) >= 11 is 0. The van der Waals surface area contributed by atoms with Crippen molar-refractivity contribution in [2.45, 2.75) is 13.0 Å². The summed E-state index contributed by atoms with van der Waals surface area (Å²) in [6, 6.07) is 11.6. The van der Waals surface area contributed by atoms with Gasteiger partial charge in [0.15, 0.2) is 6.10 Å². The Kier molecular flexibility index (Phi) is 6.22. The molecule has 32 heavy (non-hydrogen) atoms. The molecule has 168 valence electrons. The number of carbonyl (C=O) groups excluding carboxylic acids is 2. The molecule has 0 spiro atoms. The van der Waals surface area contributed by atoms with Crippen LogP contribution >= 0.6 is 0 Å². The van der Waals surface area contributed by atoms with E-state index in [1.807, 2.05) is 18.2 Å². The molecule has 1 saturated heterocycles. The number of aryl methyl sites for hydroxylation is 1. The van der Waals surface area contributed by atoms with Gasteiger partial charge in [-0.05, 0) is 24.6 Å². The highest BCUT2D eigenvalue weighted by molar-refractivity contribution is 5.95. The smallest absolute Gasteiger partial charge is 0.271 e. The highest BCUT2D eigenvalue weighted by Crippen LogP contribution is 2.33. The molecule has 1 N–H and O–H groups in total. The second-order valence-corrected chi connectivity index (χ2v) is 7.70. The summed E-state index contributed by atoms with van der Waals surface area (Å²) in [4.78, 5) is 39.9. The van der Waals surface area contributed by atoms with Crippen LogP contribution in [-0.4, -0.2) is 67.1 Å². The number of hydrogen-bond donors (Lipinski definition) is 1. The van der Waals surface area contributed by atoms with Gasteiger partial charge >= 0.3 is 0 Å². The van der Waals surface area contributed by atoms with Crippen molar-refractivity contribution in [1.29, 1.82) is 0 Å². The number of para-hydroxylation sites is 2. The Morgan fingerprint density at radius 3 is 2.69 bits per heavy atom. The molecule has 0 aromatic heterocycles. The van der Waals surface area contributed by atoms with Crippen LogP contribution in [0.25, 0.3) is 0 Å². The van der Waals surface area contributed by atoms with Crippen LogP contribution in [0.15, 0.2) is 42.5 Å². The minimum absolute atomic E-state index is 0.0323. The molecule has 4 rings (SSSR count). The average molecular weight is 440 g/mol. The first kappa shape index (κ1) is 21.6. The van der Waals surface area contributed by atoms with Crippen molar-refractivity contribution < 1.29 is 24.0 Å². The maximum absolute atomic E-state index is 13.0. The molecule has 0 unspecified atom stereocenters. The van der Waals surface area contributed by atoms with Gasteiger partial charge < -0.3 is 24.6 Å². The van der Waals surface area contributed by atoms with Crippen LogP contribution in [0.1, 0.15) is 5.56 Å². The van der Waals surface area contributed by atoms with E-state index in [1.54, 1.807) is 28.9 Å². The van der Waals surface area contributed by atoms with Crippen molar-refractivity contribution in [1.82, 2.24) is 4.90 Å². The lowest BCUT2D eigenvalue weighted by molar-refractivity contribution is -0.384. The zero-order valence-electron chi connectivity index (χ0n) is 17.7. The molecule has 2 amide bonds. The number of anilines is 2. The molecular formula is C22H24N4O6. The molecule has 2 aliphatic rings. The van der Waals surface area contributed by atoms with Crippen LogP contribution in [0.2, 0.25) is 0 Å². The number of morpholine rings is 1. The molecule has 0 saturated carbocycles. The van der Waals surface area contributed by atoms with Crippen LogP contribution < -0.4 is 15.0 Å². The SMILES string of the molecule is Cc1ccc([N+](=O)[O-])cc1NC(=O)CN1C[C@@H](C(=O)N2CCOCC2)Oc2ccccc21. The Bertz CT molecular complexity index is 1040. The Hall–Kier alpha value is -3.66. The Labute approximate surface area is 184 Å². The molecule has 1 fully saturated rings. The third-order valence-corrected chi connectivity index (χ3v) is 5.50. The van der Waals surface area contributed by atoms with Crippen LogP contribution in [0, 0.1) is 17.0 Å². The maximum Gasteiger partial charge on any atom is 0.271 e. The molecule has 10 heteroatoms. The molecule has 10 nitrogen and oxygen atoms in total. The molecule has 1 atom stereocenters. The molecule has 2 aromatic rings. The molecule has 2 aliphatic heterocycles. The summed E-state index contributed by atoms with van der Waals surface area (Å²) in [5.41, 5.74) is 1.71. The monoisotopic (exact) mass is 440 g/mol. The van der Waals surface area contributed by atoms with E-state index in [2.05, 4.69) is 5.32 Å². The van der Waals surface area contributed by atoms with Gasteiger partial charge in [-0.3, -0.25) is 19.7 Å². The summed E-state index contributed by atoms with van der Waals surface area (Å²) in [6.07, 6.45) is -0.740. The van der Waals surface area contributed by atoms with Gasteiger partial charge in [0, 0.05) is 25.2 Å². The van der Waals surface area contributed by atoms with E-state index in [4.69, 9.17) is 9.47 Å². The van der Waals surface area contributed by atoms with E-state index in [9.17, 15) is 19.7 Å². The Morgan fingerprint density at radius 1 is 1.19 bits per heavy atom. The number of hydrogen-bond acceptors (Lipinski definition) is 7. The van der Waals surface area contributed by atoms with E-state index in [-0.39, 0.29) is 30.6 Å². The fourth-order valence-electron chi connectivity index (χ4n) is 3.79. The van der Waals surface area contributed by atoms with Gasteiger partial charge in [0.25, 0.3) is 11.6 Å². The number of non-ortho nitro benzene ring substituents is 1. The first-order valence-corrected chi connectivity index (χ1v) is 10.3. The van der Waals surface area contributed by atoms with Gasteiger partial charge in [-0.1, -0.05) is 18.2 Å².